The Morgan fingerprint density at radius 2 is 1.45 bits per heavy atom. The Bertz CT molecular complexity index is 758. The number of guanidine groups is 1. The van der Waals surface area contributed by atoms with Crippen LogP contribution in [0.15, 0.2) is 59.9 Å². The van der Waals surface area contributed by atoms with Gasteiger partial charge in [0.25, 0.3) is 0 Å². The van der Waals surface area contributed by atoms with Crippen molar-refractivity contribution in [2.75, 3.05) is 18.5 Å². The van der Waals surface area contributed by atoms with Crippen LogP contribution in [0, 0.1) is 11.5 Å². The summed E-state index contributed by atoms with van der Waals surface area (Å²) >= 11 is 0. The van der Waals surface area contributed by atoms with E-state index in [1.807, 2.05) is 48.7 Å². The van der Waals surface area contributed by atoms with E-state index in [1.54, 1.807) is 12.4 Å². The van der Waals surface area contributed by atoms with Crippen LogP contribution in [-0.2, 0) is 0 Å². The number of para-hydroxylation sites is 1. The summed E-state index contributed by atoms with van der Waals surface area (Å²) in [6.07, 6.45) is 17.7. The van der Waals surface area contributed by atoms with Gasteiger partial charge in [-0.3, -0.25) is 15.3 Å². The van der Waals surface area contributed by atoms with Gasteiger partial charge in [0.15, 0.2) is 6.19 Å². The molecule has 0 aliphatic heterocycles. The van der Waals surface area contributed by atoms with E-state index in [1.165, 1.54) is 51.4 Å². The lowest BCUT2D eigenvalue weighted by atomic mass is 10.1. The van der Waals surface area contributed by atoms with Gasteiger partial charge < -0.3 is 10.1 Å². The zero-order valence-electron chi connectivity index (χ0n) is 18.4. The Balaban J connectivity index is 1.39. The van der Waals surface area contributed by atoms with Gasteiger partial charge in [-0.25, -0.2) is 0 Å². The molecule has 166 valence electrons. The summed E-state index contributed by atoms with van der Waals surface area (Å²) in [5, 5.41) is 14.6. The average Bonchev–Trinajstić information content (AvgIpc) is 2.80. The van der Waals surface area contributed by atoms with Crippen LogP contribution in [0.2, 0.25) is 0 Å². The van der Waals surface area contributed by atoms with Gasteiger partial charge in [-0.2, -0.15) is 5.26 Å². The molecular weight excluding hydrogens is 386 g/mol. The number of hydrogen-bond acceptors (Lipinski definition) is 4. The fraction of sp³-hybridized carbons (Fsp3) is 0.480. The normalized spacial score (nSPS) is 11.0. The zero-order chi connectivity index (χ0) is 21.8. The first-order chi connectivity index (χ1) is 15.4. The minimum Gasteiger partial charge on any atom is -0.494 e. The molecule has 0 atom stereocenters. The average molecular weight is 422 g/mol. The number of nitriles is 1. The first-order valence-corrected chi connectivity index (χ1v) is 11.4. The number of pyridine rings is 1. The molecule has 0 unspecified atom stereocenters. The Kier molecular flexibility index (Phi) is 13.0. The molecule has 31 heavy (non-hydrogen) atoms. The van der Waals surface area contributed by atoms with Gasteiger partial charge in [-0.05, 0) is 37.1 Å². The number of nitrogens with one attached hydrogen (secondary N) is 2. The molecule has 0 saturated carbocycles. The summed E-state index contributed by atoms with van der Waals surface area (Å²) in [6, 6.07) is 13.7. The third-order valence-corrected chi connectivity index (χ3v) is 4.95. The minimum atomic E-state index is 0.489. The molecule has 0 aliphatic rings. The molecule has 0 spiro atoms. The number of ether oxygens (including phenoxy) is 1. The smallest absolute Gasteiger partial charge is 0.209 e. The topological polar surface area (TPSA) is 82.3 Å². The van der Waals surface area contributed by atoms with Crippen molar-refractivity contribution in [2.24, 2.45) is 4.99 Å². The molecule has 2 rings (SSSR count). The monoisotopic (exact) mass is 421 g/mol. The number of anilines is 1. The molecule has 0 amide bonds. The maximum Gasteiger partial charge on any atom is 0.209 e. The molecule has 6 heteroatoms. The van der Waals surface area contributed by atoms with Crippen molar-refractivity contribution in [2.45, 2.75) is 64.2 Å². The fourth-order valence-corrected chi connectivity index (χ4v) is 3.26. The van der Waals surface area contributed by atoms with Crippen molar-refractivity contribution in [3.63, 3.8) is 0 Å². The highest BCUT2D eigenvalue weighted by Gasteiger charge is 1.99. The summed E-state index contributed by atoms with van der Waals surface area (Å²) in [5.41, 5.74) is 0.861. The van der Waals surface area contributed by atoms with E-state index in [0.29, 0.717) is 12.5 Å². The SMILES string of the molecule is N#CNC(=NCCCCCCCCCCCCOc1ccccc1)Nc1ccncc1. The molecule has 1 heterocycles. The Hall–Kier alpha value is -3.07. The van der Waals surface area contributed by atoms with Gasteiger partial charge >= 0.3 is 0 Å². The van der Waals surface area contributed by atoms with E-state index in [0.717, 1.165) is 30.9 Å². The number of aromatic nitrogens is 1. The van der Waals surface area contributed by atoms with Crippen LogP contribution in [0.3, 0.4) is 0 Å². The molecule has 0 radical (unpaired) electrons. The van der Waals surface area contributed by atoms with Gasteiger partial charge in [0.2, 0.25) is 5.96 Å². The van der Waals surface area contributed by atoms with E-state index < -0.39 is 0 Å². The second-order valence-corrected chi connectivity index (χ2v) is 7.53. The van der Waals surface area contributed by atoms with Crippen LogP contribution < -0.4 is 15.4 Å². The number of aliphatic imine (C=N–C) groups is 1. The van der Waals surface area contributed by atoms with Crippen LogP contribution in [-0.4, -0.2) is 24.1 Å². The lowest BCUT2D eigenvalue weighted by Gasteiger charge is -2.07. The highest BCUT2D eigenvalue weighted by atomic mass is 16.5. The molecule has 1 aromatic heterocycles. The van der Waals surface area contributed by atoms with Crippen molar-refractivity contribution in [3.8, 4) is 11.9 Å². The summed E-state index contributed by atoms with van der Waals surface area (Å²) in [4.78, 5) is 8.43. The van der Waals surface area contributed by atoms with Gasteiger partial charge in [0.05, 0.1) is 6.61 Å². The molecule has 0 saturated heterocycles. The first-order valence-electron chi connectivity index (χ1n) is 11.4. The molecule has 2 N–H and O–H groups in total. The number of rotatable bonds is 15. The first kappa shape index (κ1) is 24.2. The zero-order valence-corrected chi connectivity index (χ0v) is 18.4. The van der Waals surface area contributed by atoms with Crippen LogP contribution >= 0.6 is 0 Å². The predicted molar refractivity (Wildman–Crippen MR) is 127 cm³/mol. The van der Waals surface area contributed by atoms with Crippen LogP contribution in [0.4, 0.5) is 5.69 Å². The predicted octanol–water partition coefficient (Wildman–Crippen LogP) is 5.90. The minimum absolute atomic E-state index is 0.489. The number of nitrogens with zero attached hydrogens (tertiary/aromatic N) is 3. The second-order valence-electron chi connectivity index (χ2n) is 7.53. The lowest BCUT2D eigenvalue weighted by Crippen LogP contribution is -2.27. The molecule has 2 aromatic rings. The molecule has 0 fully saturated rings. The third-order valence-electron chi connectivity index (χ3n) is 4.95. The molecule has 1 aromatic carbocycles. The van der Waals surface area contributed by atoms with Crippen molar-refractivity contribution in [3.05, 3.63) is 54.9 Å². The fourth-order valence-electron chi connectivity index (χ4n) is 3.26. The van der Waals surface area contributed by atoms with E-state index in [2.05, 4.69) is 20.6 Å². The van der Waals surface area contributed by atoms with Crippen molar-refractivity contribution < 1.29 is 4.74 Å². The molecule has 0 aliphatic carbocycles. The number of hydrogen-bond donors (Lipinski definition) is 2. The Morgan fingerprint density at radius 3 is 2.10 bits per heavy atom. The van der Waals surface area contributed by atoms with Gasteiger partial charge in [0.1, 0.15) is 5.75 Å². The molecule has 0 bridgehead atoms. The molecular formula is C25H35N5O. The largest absolute Gasteiger partial charge is 0.494 e. The van der Waals surface area contributed by atoms with E-state index in [9.17, 15) is 0 Å². The van der Waals surface area contributed by atoms with E-state index in [-0.39, 0.29) is 0 Å². The summed E-state index contributed by atoms with van der Waals surface area (Å²) in [5.74, 6) is 1.46. The second kappa shape index (κ2) is 16.7. The maximum atomic E-state index is 8.87. The van der Waals surface area contributed by atoms with Crippen molar-refractivity contribution >= 4 is 11.6 Å². The van der Waals surface area contributed by atoms with E-state index >= 15 is 0 Å². The Labute approximate surface area is 186 Å². The van der Waals surface area contributed by atoms with Crippen molar-refractivity contribution in [1.29, 1.82) is 5.26 Å². The van der Waals surface area contributed by atoms with Crippen LogP contribution in [0.5, 0.6) is 5.75 Å². The lowest BCUT2D eigenvalue weighted by molar-refractivity contribution is 0.304. The van der Waals surface area contributed by atoms with E-state index in [4.69, 9.17) is 10.00 Å². The summed E-state index contributed by atoms with van der Waals surface area (Å²) in [6.45, 7) is 1.53. The van der Waals surface area contributed by atoms with Gasteiger partial charge in [0, 0.05) is 24.6 Å². The standard InChI is InChI=1S/C25H35N5O/c26-22-29-25(30-23-16-19-27-20-17-23)28-18-12-7-5-3-1-2-4-6-8-13-21-31-24-14-10-9-11-15-24/h9-11,14-17,19-20H,1-8,12-13,18,21H2,(H2,27,28,29,30). The number of unbranched alkanes of at least 4 members (excludes halogenated alkanes) is 9. The molecule has 6 nitrogen and oxygen atoms in total. The maximum absolute atomic E-state index is 8.87. The van der Waals surface area contributed by atoms with Crippen molar-refractivity contribution in [1.82, 2.24) is 10.3 Å². The summed E-state index contributed by atoms with van der Waals surface area (Å²) < 4.78 is 5.72. The van der Waals surface area contributed by atoms with Crippen LogP contribution in [0.1, 0.15) is 64.2 Å². The highest BCUT2D eigenvalue weighted by molar-refractivity contribution is 5.94. The van der Waals surface area contributed by atoms with Gasteiger partial charge in [-0.1, -0.05) is 69.6 Å². The number of benzene rings is 1. The highest BCUT2D eigenvalue weighted by Crippen LogP contribution is 2.12. The third kappa shape index (κ3) is 12.3. The Morgan fingerprint density at radius 1 is 0.839 bits per heavy atom. The van der Waals surface area contributed by atoms with Gasteiger partial charge in [-0.15, -0.1) is 0 Å². The summed E-state index contributed by atoms with van der Waals surface area (Å²) in [7, 11) is 0. The quantitative estimate of drug-likeness (QED) is 0.123. The van der Waals surface area contributed by atoms with Crippen LogP contribution in [0.25, 0.3) is 0 Å².